The van der Waals surface area contributed by atoms with E-state index in [1.54, 1.807) is 12.1 Å². The van der Waals surface area contributed by atoms with Crippen LogP contribution in [-0.4, -0.2) is 38.1 Å². The summed E-state index contributed by atoms with van der Waals surface area (Å²) in [5.41, 5.74) is 0.814. The van der Waals surface area contributed by atoms with Crippen LogP contribution in [0.4, 0.5) is 4.79 Å². The summed E-state index contributed by atoms with van der Waals surface area (Å²) in [7, 11) is -3.71. The molecule has 21 heavy (non-hydrogen) atoms. The first-order valence-corrected chi connectivity index (χ1v) is 7.63. The van der Waals surface area contributed by atoms with E-state index in [1.807, 2.05) is 0 Å². The molecule has 0 aromatic heterocycles. The molecule has 2 amide bonds. The Kier molecular flexibility index (Phi) is 5.68. The van der Waals surface area contributed by atoms with Crippen molar-refractivity contribution in [2.24, 2.45) is 5.14 Å². The Hall–Kier alpha value is -2.13. The number of benzene rings is 1. The van der Waals surface area contributed by atoms with Crippen LogP contribution < -0.4 is 15.8 Å². The van der Waals surface area contributed by atoms with Gasteiger partial charge in [0.05, 0.1) is 4.90 Å². The van der Waals surface area contributed by atoms with Crippen molar-refractivity contribution in [3.8, 4) is 0 Å². The molecule has 8 nitrogen and oxygen atoms in total. The first-order valence-electron chi connectivity index (χ1n) is 6.09. The highest BCUT2D eigenvalue weighted by Gasteiger charge is 2.13. The maximum Gasteiger partial charge on any atom is 0.325 e. The number of carbonyl (C=O) groups excluding carboxylic acids is 1. The van der Waals surface area contributed by atoms with E-state index in [2.05, 4.69) is 10.6 Å². The quantitative estimate of drug-likeness (QED) is 0.568. The summed E-state index contributed by atoms with van der Waals surface area (Å²) >= 11 is 0. The molecule has 0 bridgehead atoms. The lowest BCUT2D eigenvalue weighted by molar-refractivity contribution is -0.138. The predicted octanol–water partition coefficient (Wildman–Crippen LogP) is -0.351. The highest BCUT2D eigenvalue weighted by Crippen LogP contribution is 2.08. The van der Waals surface area contributed by atoms with Crippen molar-refractivity contribution < 1.29 is 23.1 Å². The van der Waals surface area contributed by atoms with Crippen LogP contribution in [0.15, 0.2) is 29.2 Å². The first kappa shape index (κ1) is 16.9. The molecule has 0 aliphatic carbocycles. The normalized spacial score (nSPS) is 12.5. The van der Waals surface area contributed by atoms with Gasteiger partial charge in [0, 0.05) is 6.54 Å². The standard InChI is InChI=1S/C12H17N3O5S/c1-8(11(16)17)15-12(18)14-7-6-9-2-4-10(5-3-9)21(13,19)20/h2-5,8H,6-7H2,1H3,(H,16,17)(H2,13,19,20)(H2,14,15,18). The minimum Gasteiger partial charge on any atom is -0.480 e. The van der Waals surface area contributed by atoms with Gasteiger partial charge in [-0.25, -0.2) is 18.4 Å². The summed E-state index contributed by atoms with van der Waals surface area (Å²) in [5.74, 6) is -1.12. The molecule has 0 fully saturated rings. The maximum absolute atomic E-state index is 11.4. The molecule has 1 unspecified atom stereocenters. The van der Waals surface area contributed by atoms with Crippen molar-refractivity contribution in [2.75, 3.05) is 6.54 Å². The summed E-state index contributed by atoms with van der Waals surface area (Å²) in [6.07, 6.45) is 0.472. The zero-order valence-corrected chi connectivity index (χ0v) is 12.2. The molecule has 0 spiro atoms. The second kappa shape index (κ2) is 7.04. The molecule has 9 heteroatoms. The topological polar surface area (TPSA) is 139 Å². The number of carboxylic acids is 1. The fourth-order valence-corrected chi connectivity index (χ4v) is 1.99. The number of nitrogens with two attached hydrogens (primary N) is 1. The Labute approximate surface area is 122 Å². The Morgan fingerprint density at radius 2 is 1.86 bits per heavy atom. The van der Waals surface area contributed by atoms with Gasteiger partial charge in [0.1, 0.15) is 6.04 Å². The molecule has 0 radical (unpaired) electrons. The van der Waals surface area contributed by atoms with Crippen LogP contribution >= 0.6 is 0 Å². The lowest BCUT2D eigenvalue weighted by Gasteiger charge is -2.10. The molecule has 0 saturated heterocycles. The number of carbonyl (C=O) groups is 2. The van der Waals surface area contributed by atoms with E-state index < -0.39 is 28.1 Å². The average molecular weight is 315 g/mol. The van der Waals surface area contributed by atoms with Crippen molar-refractivity contribution in [1.82, 2.24) is 10.6 Å². The minimum absolute atomic E-state index is 0.0206. The summed E-state index contributed by atoms with van der Waals surface area (Å²) < 4.78 is 22.1. The average Bonchev–Trinajstić information content (AvgIpc) is 2.38. The third-order valence-electron chi connectivity index (χ3n) is 2.67. The Morgan fingerprint density at radius 3 is 2.33 bits per heavy atom. The van der Waals surface area contributed by atoms with Crippen LogP contribution in [0.2, 0.25) is 0 Å². The molecule has 0 aliphatic heterocycles. The summed E-state index contributed by atoms with van der Waals surface area (Å²) in [6.45, 7) is 1.64. The van der Waals surface area contributed by atoms with Crippen molar-refractivity contribution in [3.05, 3.63) is 29.8 Å². The number of hydrogen-bond donors (Lipinski definition) is 4. The molecule has 0 aliphatic rings. The third-order valence-corrected chi connectivity index (χ3v) is 3.60. The number of urea groups is 1. The molecule has 5 N–H and O–H groups in total. The fraction of sp³-hybridized carbons (Fsp3) is 0.333. The zero-order valence-electron chi connectivity index (χ0n) is 11.4. The maximum atomic E-state index is 11.4. The second-order valence-electron chi connectivity index (χ2n) is 4.40. The van der Waals surface area contributed by atoms with Gasteiger partial charge in [-0.3, -0.25) is 4.79 Å². The number of primary sulfonamides is 1. The number of rotatable bonds is 6. The smallest absolute Gasteiger partial charge is 0.325 e. The van der Waals surface area contributed by atoms with Gasteiger partial charge in [-0.1, -0.05) is 12.1 Å². The number of aliphatic carboxylic acids is 1. The van der Waals surface area contributed by atoms with Crippen molar-refractivity contribution in [3.63, 3.8) is 0 Å². The molecule has 1 rings (SSSR count). The molecule has 0 heterocycles. The summed E-state index contributed by atoms with van der Waals surface area (Å²) in [5, 5.41) is 18.4. The van der Waals surface area contributed by atoms with Gasteiger partial charge in [-0.15, -0.1) is 0 Å². The van der Waals surface area contributed by atoms with Crippen molar-refractivity contribution in [2.45, 2.75) is 24.3 Å². The van der Waals surface area contributed by atoms with Gasteiger partial charge in [-0.2, -0.15) is 0 Å². The van der Waals surface area contributed by atoms with E-state index in [9.17, 15) is 18.0 Å². The molecule has 1 aromatic rings. The second-order valence-corrected chi connectivity index (χ2v) is 5.96. The van der Waals surface area contributed by atoms with Crippen LogP contribution in [0.25, 0.3) is 0 Å². The Morgan fingerprint density at radius 1 is 1.29 bits per heavy atom. The molecule has 116 valence electrons. The number of hydrogen-bond acceptors (Lipinski definition) is 4. The number of nitrogens with one attached hydrogen (secondary N) is 2. The molecule has 0 saturated carbocycles. The van der Waals surface area contributed by atoms with Gasteiger partial charge in [0.2, 0.25) is 10.0 Å². The Balaban J connectivity index is 2.43. The largest absolute Gasteiger partial charge is 0.480 e. The highest BCUT2D eigenvalue weighted by atomic mass is 32.2. The van der Waals surface area contributed by atoms with Crippen LogP contribution in [0.5, 0.6) is 0 Å². The first-order chi connectivity index (χ1) is 9.70. The van der Waals surface area contributed by atoms with E-state index in [4.69, 9.17) is 10.2 Å². The Bertz CT molecular complexity index is 612. The van der Waals surface area contributed by atoms with E-state index in [-0.39, 0.29) is 11.4 Å². The minimum atomic E-state index is -3.71. The van der Waals surface area contributed by atoms with Crippen LogP contribution in [0.3, 0.4) is 0 Å². The van der Waals surface area contributed by atoms with E-state index >= 15 is 0 Å². The number of carboxylic acid groups (broad SMARTS) is 1. The SMILES string of the molecule is CC(NC(=O)NCCc1ccc(S(N)(=O)=O)cc1)C(=O)O. The number of sulfonamides is 1. The van der Waals surface area contributed by atoms with E-state index in [0.717, 1.165) is 5.56 Å². The fourth-order valence-electron chi connectivity index (χ4n) is 1.48. The number of amides is 2. The predicted molar refractivity (Wildman–Crippen MR) is 75.2 cm³/mol. The zero-order chi connectivity index (χ0) is 16.0. The molecule has 1 atom stereocenters. The lowest BCUT2D eigenvalue weighted by atomic mass is 10.1. The molecular formula is C12H17N3O5S. The van der Waals surface area contributed by atoms with Crippen LogP contribution in [0, 0.1) is 0 Å². The van der Waals surface area contributed by atoms with Gasteiger partial charge in [0.25, 0.3) is 0 Å². The van der Waals surface area contributed by atoms with E-state index in [0.29, 0.717) is 6.42 Å². The van der Waals surface area contributed by atoms with Gasteiger partial charge in [-0.05, 0) is 31.0 Å². The summed E-state index contributed by atoms with van der Waals surface area (Å²) in [4.78, 5) is 21.9. The monoisotopic (exact) mass is 315 g/mol. The van der Waals surface area contributed by atoms with Crippen molar-refractivity contribution >= 4 is 22.0 Å². The van der Waals surface area contributed by atoms with Gasteiger partial charge >= 0.3 is 12.0 Å². The lowest BCUT2D eigenvalue weighted by Crippen LogP contribution is -2.44. The highest BCUT2D eigenvalue weighted by molar-refractivity contribution is 7.89. The third kappa shape index (κ3) is 5.79. The van der Waals surface area contributed by atoms with Crippen molar-refractivity contribution in [1.29, 1.82) is 0 Å². The van der Waals surface area contributed by atoms with E-state index in [1.165, 1.54) is 19.1 Å². The molecule has 1 aromatic carbocycles. The van der Waals surface area contributed by atoms with Crippen LogP contribution in [0.1, 0.15) is 12.5 Å². The summed E-state index contributed by atoms with van der Waals surface area (Å²) in [6, 6.07) is 4.41. The molecular weight excluding hydrogens is 298 g/mol. The van der Waals surface area contributed by atoms with Gasteiger partial charge in [0.15, 0.2) is 0 Å². The van der Waals surface area contributed by atoms with Gasteiger partial charge < -0.3 is 15.7 Å². The van der Waals surface area contributed by atoms with Crippen LogP contribution in [-0.2, 0) is 21.2 Å².